The molecule has 1 amide bonds. The number of benzene rings is 2. The maximum atomic E-state index is 11.9. The third-order valence-electron chi connectivity index (χ3n) is 6.11. The molecule has 1 fully saturated rings. The van der Waals surface area contributed by atoms with Gasteiger partial charge in [0, 0.05) is 34.7 Å². The van der Waals surface area contributed by atoms with Gasteiger partial charge in [0.15, 0.2) is 5.11 Å². The SMILES string of the molecule is COCC(=O)Nc1ccc(N2C(=S)N[C@@H](c3ccccn3)[C@@H]2c2ccc(-c3ccc(C)cc3Br)o2)cc1. The largest absolute Gasteiger partial charge is 0.459 e. The monoisotopic (exact) mass is 576 g/mol. The number of pyridine rings is 1. The number of thiocarbonyl (C=S) groups is 1. The zero-order valence-corrected chi connectivity index (χ0v) is 22.7. The van der Waals surface area contributed by atoms with Crippen LogP contribution >= 0.6 is 28.1 Å². The number of carbonyl (C=O) groups is 1. The first-order valence-corrected chi connectivity index (χ1v) is 12.9. The highest BCUT2D eigenvalue weighted by Crippen LogP contribution is 2.43. The lowest BCUT2D eigenvalue weighted by Gasteiger charge is -2.26. The molecule has 0 aliphatic carbocycles. The summed E-state index contributed by atoms with van der Waals surface area (Å²) in [7, 11) is 1.49. The molecule has 1 saturated heterocycles. The second-order valence-electron chi connectivity index (χ2n) is 8.71. The molecule has 0 saturated carbocycles. The topological polar surface area (TPSA) is 79.6 Å². The summed E-state index contributed by atoms with van der Waals surface area (Å²) in [5.41, 5.74) is 4.53. The number of carbonyl (C=O) groups excluding carboxylic acids is 1. The molecule has 7 nitrogen and oxygen atoms in total. The van der Waals surface area contributed by atoms with Crippen LogP contribution in [0.4, 0.5) is 11.4 Å². The number of halogens is 1. The van der Waals surface area contributed by atoms with E-state index in [-0.39, 0.29) is 24.6 Å². The highest BCUT2D eigenvalue weighted by Gasteiger charge is 2.42. The lowest BCUT2D eigenvalue weighted by Crippen LogP contribution is -2.29. The summed E-state index contributed by atoms with van der Waals surface area (Å²) in [6.07, 6.45) is 1.77. The third kappa shape index (κ3) is 5.29. The summed E-state index contributed by atoms with van der Waals surface area (Å²) in [5, 5.41) is 6.82. The van der Waals surface area contributed by atoms with E-state index in [9.17, 15) is 4.79 Å². The first-order chi connectivity index (χ1) is 17.9. The molecule has 4 aromatic rings. The molecule has 2 aromatic carbocycles. The van der Waals surface area contributed by atoms with Crippen LogP contribution in [0.25, 0.3) is 11.3 Å². The summed E-state index contributed by atoms with van der Waals surface area (Å²) in [6, 6.07) is 23.0. The molecule has 1 aliphatic rings. The van der Waals surface area contributed by atoms with Gasteiger partial charge in [0.05, 0.1) is 11.7 Å². The fourth-order valence-electron chi connectivity index (χ4n) is 4.43. The molecule has 188 valence electrons. The average Bonchev–Trinajstić information content (AvgIpc) is 3.50. The lowest BCUT2D eigenvalue weighted by molar-refractivity contribution is -0.119. The van der Waals surface area contributed by atoms with Gasteiger partial charge in [-0.2, -0.15) is 0 Å². The van der Waals surface area contributed by atoms with Gasteiger partial charge in [0.25, 0.3) is 0 Å². The van der Waals surface area contributed by atoms with Crippen LogP contribution in [0.15, 0.2) is 87.9 Å². The van der Waals surface area contributed by atoms with Crippen molar-refractivity contribution >= 4 is 50.5 Å². The number of methoxy groups -OCH3 is 1. The summed E-state index contributed by atoms with van der Waals surface area (Å²) in [5.74, 6) is 1.30. The molecule has 2 aromatic heterocycles. The number of rotatable bonds is 7. The number of ether oxygens (including phenoxy) is 1. The Labute approximate surface area is 229 Å². The zero-order chi connectivity index (χ0) is 25.9. The van der Waals surface area contributed by atoms with Crippen LogP contribution < -0.4 is 15.5 Å². The normalized spacial score (nSPS) is 17.1. The Balaban J connectivity index is 1.52. The number of anilines is 2. The first kappa shape index (κ1) is 25.1. The Morgan fingerprint density at radius 2 is 1.97 bits per heavy atom. The summed E-state index contributed by atoms with van der Waals surface area (Å²) >= 11 is 9.47. The molecule has 5 rings (SSSR count). The molecule has 0 unspecified atom stereocenters. The molecule has 2 N–H and O–H groups in total. The predicted octanol–water partition coefficient (Wildman–Crippen LogP) is 6.17. The average molecular weight is 578 g/mol. The van der Waals surface area contributed by atoms with Crippen LogP contribution in [-0.4, -0.2) is 29.7 Å². The van der Waals surface area contributed by atoms with Crippen molar-refractivity contribution in [1.29, 1.82) is 0 Å². The Bertz CT molecular complexity index is 1430. The van der Waals surface area contributed by atoms with E-state index in [0.29, 0.717) is 10.8 Å². The van der Waals surface area contributed by atoms with Crippen molar-refractivity contribution in [2.45, 2.75) is 19.0 Å². The molecule has 9 heteroatoms. The van der Waals surface area contributed by atoms with Crippen LogP contribution in [0.1, 0.15) is 29.1 Å². The van der Waals surface area contributed by atoms with Gasteiger partial charge >= 0.3 is 0 Å². The standard InChI is InChI=1S/C28H25BrN4O3S/c1-17-6-11-20(21(29)15-17)23-12-13-24(36-23)27-26(22-5-3-4-14-30-22)32-28(37)33(27)19-9-7-18(8-10-19)31-25(34)16-35-2/h3-15,26-27H,16H2,1-2H3,(H,31,34)(H,32,37)/t26-,27-/m0/s1. The minimum Gasteiger partial charge on any atom is -0.459 e. The number of nitrogens with zero attached hydrogens (tertiary/aromatic N) is 2. The number of aryl methyl sites for hydroxylation is 1. The lowest BCUT2D eigenvalue weighted by atomic mass is 10.0. The van der Waals surface area contributed by atoms with Gasteiger partial charge in [-0.15, -0.1) is 0 Å². The van der Waals surface area contributed by atoms with E-state index >= 15 is 0 Å². The number of nitrogens with one attached hydrogen (secondary N) is 2. The van der Waals surface area contributed by atoms with E-state index < -0.39 is 0 Å². The predicted molar refractivity (Wildman–Crippen MR) is 151 cm³/mol. The van der Waals surface area contributed by atoms with Crippen molar-refractivity contribution in [3.63, 3.8) is 0 Å². The van der Waals surface area contributed by atoms with Crippen molar-refractivity contribution in [2.24, 2.45) is 0 Å². The Morgan fingerprint density at radius 3 is 2.68 bits per heavy atom. The van der Waals surface area contributed by atoms with Crippen molar-refractivity contribution < 1.29 is 13.9 Å². The highest BCUT2D eigenvalue weighted by atomic mass is 79.9. The van der Waals surface area contributed by atoms with Gasteiger partial charge in [-0.25, -0.2) is 0 Å². The van der Waals surface area contributed by atoms with Crippen LogP contribution in [0, 0.1) is 6.92 Å². The van der Waals surface area contributed by atoms with E-state index in [1.165, 1.54) is 7.11 Å². The van der Waals surface area contributed by atoms with E-state index in [2.05, 4.69) is 50.6 Å². The maximum absolute atomic E-state index is 11.9. The number of hydrogen-bond donors (Lipinski definition) is 2. The second kappa shape index (κ2) is 10.8. The van der Waals surface area contributed by atoms with E-state index in [4.69, 9.17) is 21.4 Å². The summed E-state index contributed by atoms with van der Waals surface area (Å²) in [4.78, 5) is 18.5. The Hall–Kier alpha value is -3.53. The maximum Gasteiger partial charge on any atom is 0.250 e. The number of hydrogen-bond acceptors (Lipinski definition) is 5. The Kier molecular flexibility index (Phi) is 7.36. The van der Waals surface area contributed by atoms with Crippen LogP contribution in [0.3, 0.4) is 0 Å². The van der Waals surface area contributed by atoms with Gasteiger partial charge in [0.2, 0.25) is 5.91 Å². The number of furan rings is 1. The van der Waals surface area contributed by atoms with Crippen molar-refractivity contribution in [1.82, 2.24) is 10.3 Å². The van der Waals surface area contributed by atoms with Crippen LogP contribution in [0.5, 0.6) is 0 Å². The minimum absolute atomic E-state index is 0.00631. The van der Waals surface area contributed by atoms with Gasteiger partial charge < -0.3 is 24.7 Å². The third-order valence-corrected chi connectivity index (χ3v) is 7.08. The molecule has 0 spiro atoms. The van der Waals surface area contributed by atoms with Crippen molar-refractivity contribution in [3.8, 4) is 11.3 Å². The van der Waals surface area contributed by atoms with Gasteiger partial charge in [0.1, 0.15) is 24.2 Å². The van der Waals surface area contributed by atoms with Gasteiger partial charge in [-0.1, -0.05) is 28.1 Å². The van der Waals surface area contributed by atoms with E-state index in [1.807, 2.05) is 65.6 Å². The van der Waals surface area contributed by atoms with Crippen LogP contribution in [0.2, 0.25) is 0 Å². The fourth-order valence-corrected chi connectivity index (χ4v) is 5.47. The first-order valence-electron chi connectivity index (χ1n) is 11.7. The fraction of sp³-hybridized carbons (Fsp3) is 0.179. The molecule has 2 atom stereocenters. The van der Waals surface area contributed by atoms with Crippen molar-refractivity contribution in [2.75, 3.05) is 23.9 Å². The quantitative estimate of drug-likeness (QED) is 0.254. The summed E-state index contributed by atoms with van der Waals surface area (Å²) < 4.78 is 12.3. The highest BCUT2D eigenvalue weighted by molar-refractivity contribution is 9.10. The smallest absolute Gasteiger partial charge is 0.250 e. The molecule has 3 heterocycles. The molecule has 0 bridgehead atoms. The van der Waals surface area contributed by atoms with Gasteiger partial charge in [-0.3, -0.25) is 9.78 Å². The second-order valence-corrected chi connectivity index (χ2v) is 9.95. The van der Waals surface area contributed by atoms with E-state index in [0.717, 1.165) is 38.5 Å². The molecular weight excluding hydrogens is 552 g/mol. The molecular formula is C28H25BrN4O3S. The molecule has 0 radical (unpaired) electrons. The molecule has 1 aliphatic heterocycles. The number of aromatic nitrogens is 1. The summed E-state index contributed by atoms with van der Waals surface area (Å²) in [6.45, 7) is 2.05. The van der Waals surface area contributed by atoms with Gasteiger partial charge in [-0.05, 0) is 85.4 Å². The van der Waals surface area contributed by atoms with Crippen LogP contribution in [-0.2, 0) is 9.53 Å². The van der Waals surface area contributed by atoms with Crippen molar-refractivity contribution in [3.05, 3.63) is 100 Å². The Morgan fingerprint density at radius 1 is 1.16 bits per heavy atom. The zero-order valence-electron chi connectivity index (χ0n) is 20.3. The number of amides is 1. The minimum atomic E-state index is -0.283. The molecule has 37 heavy (non-hydrogen) atoms. The van der Waals surface area contributed by atoms with E-state index in [1.54, 1.807) is 6.20 Å².